The topological polar surface area (TPSA) is 38.3 Å². The molecule has 0 aromatic rings. The van der Waals surface area contributed by atoms with Crippen LogP contribution in [0.5, 0.6) is 0 Å². The Morgan fingerprint density at radius 1 is 1.75 bits per heavy atom. The van der Waals surface area contributed by atoms with Crippen molar-refractivity contribution in [3.05, 3.63) is 36.3 Å². The SMILES string of the molecule is CNC(=O)/C=C/C1=CCC=CO1. The Labute approximate surface area is 71.4 Å². The van der Waals surface area contributed by atoms with Gasteiger partial charge in [-0.1, -0.05) is 0 Å². The summed E-state index contributed by atoms with van der Waals surface area (Å²) in [7, 11) is 1.59. The fraction of sp³-hybridized carbons (Fsp3) is 0.222. The molecule has 1 N–H and O–H groups in total. The molecule has 0 fully saturated rings. The Kier molecular flexibility index (Phi) is 3.14. The van der Waals surface area contributed by atoms with Crippen LogP contribution < -0.4 is 5.32 Å². The first-order chi connectivity index (χ1) is 5.83. The summed E-state index contributed by atoms with van der Waals surface area (Å²) >= 11 is 0. The predicted octanol–water partition coefficient (Wildman–Crippen LogP) is 1.11. The van der Waals surface area contributed by atoms with Crippen molar-refractivity contribution >= 4 is 5.91 Å². The number of hydrogen-bond acceptors (Lipinski definition) is 2. The van der Waals surface area contributed by atoms with Gasteiger partial charge in [-0.05, 0) is 24.6 Å². The van der Waals surface area contributed by atoms with E-state index in [2.05, 4.69) is 5.32 Å². The van der Waals surface area contributed by atoms with Crippen LogP contribution in [0.25, 0.3) is 0 Å². The molecule has 0 spiro atoms. The molecule has 0 atom stereocenters. The van der Waals surface area contributed by atoms with Crippen LogP contribution in [0, 0.1) is 0 Å². The maximum absolute atomic E-state index is 10.8. The summed E-state index contributed by atoms with van der Waals surface area (Å²) in [5.41, 5.74) is 0. The van der Waals surface area contributed by atoms with Gasteiger partial charge in [0.1, 0.15) is 5.76 Å². The van der Waals surface area contributed by atoms with Gasteiger partial charge in [0, 0.05) is 13.1 Å². The third kappa shape index (κ3) is 2.62. The highest BCUT2D eigenvalue weighted by molar-refractivity contribution is 5.87. The molecule has 0 aromatic carbocycles. The number of likely N-dealkylation sites (N-methyl/N-ethyl adjacent to an activating group) is 1. The van der Waals surface area contributed by atoms with Crippen LogP contribution in [0.15, 0.2) is 36.3 Å². The molecule has 1 aliphatic rings. The molecule has 0 radical (unpaired) electrons. The van der Waals surface area contributed by atoms with E-state index >= 15 is 0 Å². The molecule has 12 heavy (non-hydrogen) atoms. The fourth-order valence-electron chi connectivity index (χ4n) is 0.763. The van der Waals surface area contributed by atoms with E-state index in [0.29, 0.717) is 5.76 Å². The van der Waals surface area contributed by atoms with E-state index in [0.717, 1.165) is 6.42 Å². The molecule has 1 heterocycles. The van der Waals surface area contributed by atoms with Crippen molar-refractivity contribution in [1.29, 1.82) is 0 Å². The van der Waals surface area contributed by atoms with Gasteiger partial charge < -0.3 is 10.1 Å². The van der Waals surface area contributed by atoms with E-state index in [9.17, 15) is 4.79 Å². The first-order valence-corrected chi connectivity index (χ1v) is 3.74. The lowest BCUT2D eigenvalue weighted by molar-refractivity contribution is -0.116. The molecule has 0 saturated heterocycles. The zero-order valence-electron chi connectivity index (χ0n) is 6.91. The van der Waals surface area contributed by atoms with Crippen LogP contribution >= 0.6 is 0 Å². The van der Waals surface area contributed by atoms with Crippen molar-refractivity contribution in [2.45, 2.75) is 6.42 Å². The Morgan fingerprint density at radius 3 is 3.17 bits per heavy atom. The second-order valence-electron chi connectivity index (χ2n) is 2.28. The normalized spacial score (nSPS) is 15.6. The molecule has 0 aliphatic carbocycles. The van der Waals surface area contributed by atoms with Crippen molar-refractivity contribution in [3.63, 3.8) is 0 Å². The first-order valence-electron chi connectivity index (χ1n) is 3.74. The number of nitrogens with one attached hydrogen (secondary N) is 1. The van der Waals surface area contributed by atoms with Gasteiger partial charge in [-0.2, -0.15) is 0 Å². The summed E-state index contributed by atoms with van der Waals surface area (Å²) in [5.74, 6) is 0.579. The number of hydrogen-bond donors (Lipinski definition) is 1. The van der Waals surface area contributed by atoms with Gasteiger partial charge in [0.25, 0.3) is 0 Å². The van der Waals surface area contributed by atoms with E-state index in [1.165, 1.54) is 6.08 Å². The third-order valence-electron chi connectivity index (χ3n) is 1.40. The quantitative estimate of drug-likeness (QED) is 0.622. The van der Waals surface area contributed by atoms with E-state index < -0.39 is 0 Å². The number of allylic oxidation sites excluding steroid dienone is 3. The lowest BCUT2D eigenvalue weighted by Gasteiger charge is -2.03. The Balaban J connectivity index is 2.45. The van der Waals surface area contributed by atoms with Crippen molar-refractivity contribution in [1.82, 2.24) is 5.32 Å². The van der Waals surface area contributed by atoms with Crippen molar-refractivity contribution in [2.24, 2.45) is 0 Å². The molecule has 3 heteroatoms. The first kappa shape index (κ1) is 8.59. The average molecular weight is 165 g/mol. The fourth-order valence-corrected chi connectivity index (χ4v) is 0.763. The molecule has 1 aliphatic heterocycles. The Bertz CT molecular complexity index is 251. The predicted molar refractivity (Wildman–Crippen MR) is 46.1 cm³/mol. The van der Waals surface area contributed by atoms with Crippen LogP contribution in [0.4, 0.5) is 0 Å². The van der Waals surface area contributed by atoms with Crippen LogP contribution in [-0.4, -0.2) is 13.0 Å². The molecule has 0 aromatic heterocycles. The van der Waals surface area contributed by atoms with Gasteiger partial charge in [-0.25, -0.2) is 0 Å². The maximum atomic E-state index is 10.8. The van der Waals surface area contributed by atoms with Crippen LogP contribution in [0.3, 0.4) is 0 Å². The summed E-state index contributed by atoms with van der Waals surface area (Å²) in [6.45, 7) is 0. The minimum Gasteiger partial charge on any atom is -0.466 e. The minimum absolute atomic E-state index is 0.131. The number of rotatable bonds is 2. The number of carbonyl (C=O) groups is 1. The smallest absolute Gasteiger partial charge is 0.243 e. The second kappa shape index (κ2) is 4.38. The average Bonchev–Trinajstić information content (AvgIpc) is 2.16. The molecular formula is C9H11NO2. The van der Waals surface area contributed by atoms with Gasteiger partial charge in [0.15, 0.2) is 0 Å². The lowest BCUT2D eigenvalue weighted by Crippen LogP contribution is -2.14. The van der Waals surface area contributed by atoms with Crippen LogP contribution in [0.2, 0.25) is 0 Å². The standard InChI is InChI=1S/C9H11NO2/c1-10-9(11)6-5-8-4-2-3-7-12-8/h3-7H,2H2,1H3,(H,10,11)/b6-5+. The molecule has 0 saturated carbocycles. The maximum Gasteiger partial charge on any atom is 0.243 e. The summed E-state index contributed by atoms with van der Waals surface area (Å²) in [4.78, 5) is 10.8. The Hall–Kier alpha value is -1.51. The van der Waals surface area contributed by atoms with Crippen LogP contribution in [-0.2, 0) is 9.53 Å². The van der Waals surface area contributed by atoms with E-state index in [-0.39, 0.29) is 5.91 Å². The number of carbonyl (C=O) groups excluding carboxylic acids is 1. The summed E-state index contributed by atoms with van der Waals surface area (Å²) < 4.78 is 5.09. The van der Waals surface area contributed by atoms with Crippen LogP contribution in [0.1, 0.15) is 6.42 Å². The largest absolute Gasteiger partial charge is 0.466 e. The summed E-state index contributed by atoms with van der Waals surface area (Å²) in [5, 5.41) is 2.48. The zero-order chi connectivity index (χ0) is 8.81. The molecule has 3 nitrogen and oxygen atoms in total. The number of amides is 1. The van der Waals surface area contributed by atoms with Crippen molar-refractivity contribution < 1.29 is 9.53 Å². The van der Waals surface area contributed by atoms with Gasteiger partial charge in [-0.15, -0.1) is 0 Å². The highest BCUT2D eigenvalue weighted by atomic mass is 16.5. The highest BCUT2D eigenvalue weighted by Crippen LogP contribution is 2.07. The minimum atomic E-state index is -0.131. The third-order valence-corrected chi connectivity index (χ3v) is 1.40. The van der Waals surface area contributed by atoms with Crippen molar-refractivity contribution in [3.8, 4) is 0 Å². The molecule has 1 amide bonds. The molecule has 1 rings (SSSR count). The lowest BCUT2D eigenvalue weighted by atomic mass is 10.3. The molecule has 0 bridgehead atoms. The second-order valence-corrected chi connectivity index (χ2v) is 2.28. The number of ether oxygens (including phenoxy) is 1. The van der Waals surface area contributed by atoms with E-state index in [4.69, 9.17) is 4.74 Å². The Morgan fingerprint density at radius 2 is 2.58 bits per heavy atom. The molecular weight excluding hydrogens is 154 g/mol. The summed E-state index contributed by atoms with van der Waals surface area (Å²) in [6, 6.07) is 0. The molecule has 64 valence electrons. The monoisotopic (exact) mass is 165 g/mol. The van der Waals surface area contributed by atoms with Gasteiger partial charge >= 0.3 is 0 Å². The highest BCUT2D eigenvalue weighted by Gasteiger charge is 1.95. The van der Waals surface area contributed by atoms with E-state index in [1.807, 2.05) is 12.2 Å². The van der Waals surface area contributed by atoms with Gasteiger partial charge in [0.2, 0.25) is 5.91 Å². The van der Waals surface area contributed by atoms with Gasteiger partial charge in [0.05, 0.1) is 6.26 Å². The van der Waals surface area contributed by atoms with E-state index in [1.54, 1.807) is 19.4 Å². The van der Waals surface area contributed by atoms with Gasteiger partial charge in [-0.3, -0.25) is 4.79 Å². The zero-order valence-corrected chi connectivity index (χ0v) is 6.91. The molecule has 0 unspecified atom stereocenters. The van der Waals surface area contributed by atoms with Crippen molar-refractivity contribution in [2.75, 3.05) is 7.05 Å². The summed E-state index contributed by atoms with van der Waals surface area (Å²) in [6.07, 6.45) is 9.35.